The molecule has 2 fully saturated rings. The molecule has 1 N–H and O–H groups in total. The highest BCUT2D eigenvalue weighted by atomic mass is 32.2. The highest BCUT2D eigenvalue weighted by Crippen LogP contribution is 2.20. The quantitative estimate of drug-likeness (QED) is 0.866. The van der Waals surface area contributed by atoms with Crippen LogP contribution in [0.15, 0.2) is 24.3 Å². The molecule has 0 bridgehead atoms. The standard InChI is InChI=1S/C15H22N2O2S2/c18-21(19,17-6-8-20-9-7-17)12-14-3-1-2-13(10-14)11-16-15-4-5-15/h1-3,10,15-16H,4-9,11-12H2. The second kappa shape index (κ2) is 6.69. The van der Waals surface area contributed by atoms with Crippen LogP contribution in [-0.4, -0.2) is 43.4 Å². The molecule has 0 unspecified atom stereocenters. The third-order valence-electron chi connectivity index (χ3n) is 3.88. The molecule has 21 heavy (non-hydrogen) atoms. The van der Waals surface area contributed by atoms with Gasteiger partial charge in [0.1, 0.15) is 0 Å². The van der Waals surface area contributed by atoms with Crippen LogP contribution in [0.1, 0.15) is 24.0 Å². The highest BCUT2D eigenvalue weighted by molar-refractivity contribution is 7.99. The molecule has 4 nitrogen and oxygen atoms in total. The molecule has 0 spiro atoms. The largest absolute Gasteiger partial charge is 0.310 e. The van der Waals surface area contributed by atoms with Gasteiger partial charge in [0, 0.05) is 37.2 Å². The first kappa shape index (κ1) is 15.3. The smallest absolute Gasteiger partial charge is 0.218 e. The lowest BCUT2D eigenvalue weighted by Crippen LogP contribution is -2.38. The second-order valence-corrected chi connectivity index (χ2v) is 8.94. The summed E-state index contributed by atoms with van der Waals surface area (Å²) in [5.41, 5.74) is 2.06. The number of hydrogen-bond acceptors (Lipinski definition) is 4. The summed E-state index contributed by atoms with van der Waals surface area (Å²) >= 11 is 1.82. The van der Waals surface area contributed by atoms with E-state index in [0.717, 1.165) is 23.6 Å². The Bertz CT molecular complexity index is 579. The molecule has 0 radical (unpaired) electrons. The summed E-state index contributed by atoms with van der Waals surface area (Å²) < 4.78 is 26.5. The van der Waals surface area contributed by atoms with E-state index in [-0.39, 0.29) is 5.75 Å². The van der Waals surface area contributed by atoms with E-state index >= 15 is 0 Å². The van der Waals surface area contributed by atoms with E-state index in [0.29, 0.717) is 19.1 Å². The molecule has 1 aliphatic heterocycles. The zero-order chi connectivity index (χ0) is 14.7. The molecule has 1 aliphatic carbocycles. The Kier molecular flexibility index (Phi) is 4.88. The first-order valence-electron chi connectivity index (χ1n) is 7.50. The Balaban J connectivity index is 1.63. The van der Waals surface area contributed by atoms with Crippen LogP contribution in [0.2, 0.25) is 0 Å². The number of thioether (sulfide) groups is 1. The summed E-state index contributed by atoms with van der Waals surface area (Å²) in [7, 11) is -3.17. The molecular weight excluding hydrogens is 304 g/mol. The zero-order valence-corrected chi connectivity index (χ0v) is 13.8. The SMILES string of the molecule is O=S(=O)(Cc1cccc(CNC2CC2)c1)N1CCSCC1. The lowest BCUT2D eigenvalue weighted by molar-refractivity contribution is 0.443. The Morgan fingerprint density at radius 3 is 2.62 bits per heavy atom. The van der Waals surface area contributed by atoms with Gasteiger partial charge in [-0.3, -0.25) is 0 Å². The predicted octanol–water partition coefficient (Wildman–Crippen LogP) is 1.82. The molecule has 1 saturated heterocycles. The number of nitrogens with zero attached hydrogens (tertiary/aromatic N) is 1. The van der Waals surface area contributed by atoms with Crippen molar-refractivity contribution in [1.29, 1.82) is 0 Å². The average Bonchev–Trinajstić information content (AvgIpc) is 3.30. The third-order valence-corrected chi connectivity index (χ3v) is 6.67. The van der Waals surface area contributed by atoms with Gasteiger partial charge in [0.15, 0.2) is 0 Å². The molecular formula is C15H22N2O2S2. The van der Waals surface area contributed by atoms with Gasteiger partial charge in [0.25, 0.3) is 0 Å². The Labute approximate surface area is 131 Å². The van der Waals surface area contributed by atoms with Crippen molar-refractivity contribution >= 4 is 21.8 Å². The molecule has 0 aromatic heterocycles. The van der Waals surface area contributed by atoms with Crippen molar-refractivity contribution in [1.82, 2.24) is 9.62 Å². The predicted molar refractivity (Wildman–Crippen MR) is 87.8 cm³/mol. The van der Waals surface area contributed by atoms with Gasteiger partial charge in [-0.05, 0) is 24.0 Å². The molecule has 6 heteroatoms. The minimum Gasteiger partial charge on any atom is -0.310 e. The highest BCUT2D eigenvalue weighted by Gasteiger charge is 2.24. The summed E-state index contributed by atoms with van der Waals surface area (Å²) in [5, 5.41) is 3.46. The summed E-state index contributed by atoms with van der Waals surface area (Å²) in [4.78, 5) is 0. The molecule has 0 atom stereocenters. The third kappa shape index (κ3) is 4.45. The van der Waals surface area contributed by atoms with E-state index in [1.54, 1.807) is 4.31 Å². The van der Waals surface area contributed by atoms with Crippen molar-refractivity contribution in [3.63, 3.8) is 0 Å². The first-order valence-corrected chi connectivity index (χ1v) is 10.3. The van der Waals surface area contributed by atoms with Crippen molar-refractivity contribution in [2.24, 2.45) is 0 Å². The average molecular weight is 326 g/mol. The second-order valence-electron chi connectivity index (χ2n) is 5.74. The fourth-order valence-corrected chi connectivity index (χ4v) is 5.16. The van der Waals surface area contributed by atoms with Crippen LogP contribution in [0.25, 0.3) is 0 Å². The van der Waals surface area contributed by atoms with Crippen molar-refractivity contribution in [2.45, 2.75) is 31.2 Å². The Morgan fingerprint density at radius 2 is 1.90 bits per heavy atom. The molecule has 116 valence electrons. The number of rotatable bonds is 6. The van der Waals surface area contributed by atoms with E-state index in [2.05, 4.69) is 11.4 Å². The number of benzene rings is 1. The van der Waals surface area contributed by atoms with E-state index in [1.165, 1.54) is 18.4 Å². The Hall–Kier alpha value is -0.560. The molecule has 2 aliphatic rings. The van der Waals surface area contributed by atoms with Crippen LogP contribution in [-0.2, 0) is 22.3 Å². The van der Waals surface area contributed by atoms with Crippen LogP contribution in [0.3, 0.4) is 0 Å². The van der Waals surface area contributed by atoms with Crippen molar-refractivity contribution in [2.75, 3.05) is 24.6 Å². The van der Waals surface area contributed by atoms with E-state index in [4.69, 9.17) is 0 Å². The normalized spacial score (nSPS) is 20.6. The maximum atomic E-state index is 12.4. The van der Waals surface area contributed by atoms with Crippen LogP contribution in [0, 0.1) is 0 Å². The van der Waals surface area contributed by atoms with Crippen molar-refractivity contribution in [3.05, 3.63) is 35.4 Å². The van der Waals surface area contributed by atoms with Crippen molar-refractivity contribution in [3.8, 4) is 0 Å². The fourth-order valence-electron chi connectivity index (χ4n) is 2.51. The Morgan fingerprint density at radius 1 is 1.19 bits per heavy atom. The molecule has 0 amide bonds. The first-order chi connectivity index (χ1) is 10.1. The van der Waals surface area contributed by atoms with Gasteiger partial charge < -0.3 is 5.32 Å². The monoisotopic (exact) mass is 326 g/mol. The fraction of sp³-hybridized carbons (Fsp3) is 0.600. The maximum absolute atomic E-state index is 12.4. The number of sulfonamides is 1. The van der Waals surface area contributed by atoms with Gasteiger partial charge in [0.05, 0.1) is 5.75 Å². The summed E-state index contributed by atoms with van der Waals surface area (Å²) in [6, 6.07) is 8.62. The van der Waals surface area contributed by atoms with Gasteiger partial charge in [-0.15, -0.1) is 0 Å². The van der Waals surface area contributed by atoms with E-state index < -0.39 is 10.0 Å². The molecule has 1 aromatic carbocycles. The van der Waals surface area contributed by atoms with Gasteiger partial charge in [-0.2, -0.15) is 16.1 Å². The van der Waals surface area contributed by atoms with Crippen LogP contribution in [0.5, 0.6) is 0 Å². The number of nitrogens with one attached hydrogen (secondary N) is 1. The van der Waals surface area contributed by atoms with Gasteiger partial charge in [0.2, 0.25) is 10.0 Å². The topological polar surface area (TPSA) is 49.4 Å². The molecule has 1 aromatic rings. The van der Waals surface area contributed by atoms with Crippen molar-refractivity contribution < 1.29 is 8.42 Å². The molecule has 1 saturated carbocycles. The zero-order valence-electron chi connectivity index (χ0n) is 12.1. The van der Waals surface area contributed by atoms with Gasteiger partial charge in [-0.25, -0.2) is 8.42 Å². The minimum atomic E-state index is -3.17. The number of hydrogen-bond donors (Lipinski definition) is 1. The van der Waals surface area contributed by atoms with Gasteiger partial charge in [-0.1, -0.05) is 24.3 Å². The minimum absolute atomic E-state index is 0.120. The summed E-state index contributed by atoms with van der Waals surface area (Å²) in [5.74, 6) is 1.93. The van der Waals surface area contributed by atoms with Crippen LogP contribution in [0.4, 0.5) is 0 Å². The van der Waals surface area contributed by atoms with Crippen LogP contribution < -0.4 is 5.32 Å². The maximum Gasteiger partial charge on any atom is 0.218 e. The molecule has 1 heterocycles. The summed E-state index contributed by atoms with van der Waals surface area (Å²) in [6.45, 7) is 2.13. The van der Waals surface area contributed by atoms with Gasteiger partial charge >= 0.3 is 0 Å². The van der Waals surface area contributed by atoms with E-state index in [9.17, 15) is 8.42 Å². The lowest BCUT2D eigenvalue weighted by Gasteiger charge is -2.25. The van der Waals surface area contributed by atoms with Crippen LogP contribution >= 0.6 is 11.8 Å². The molecule has 3 rings (SSSR count). The van der Waals surface area contributed by atoms with E-state index in [1.807, 2.05) is 30.0 Å². The summed E-state index contributed by atoms with van der Waals surface area (Å²) in [6.07, 6.45) is 2.53. The lowest BCUT2D eigenvalue weighted by atomic mass is 10.1.